The molecule has 0 unspecified atom stereocenters. The number of aromatic nitrogens is 1. The summed E-state index contributed by atoms with van der Waals surface area (Å²) < 4.78 is 2.01. The lowest BCUT2D eigenvalue weighted by Gasteiger charge is -2.15. The van der Waals surface area contributed by atoms with E-state index in [0.717, 1.165) is 22.0 Å². The number of fused-ring (bicyclic) bond motifs is 1. The van der Waals surface area contributed by atoms with E-state index in [1.807, 2.05) is 72.4 Å². The van der Waals surface area contributed by atoms with Crippen molar-refractivity contribution in [1.82, 2.24) is 15.3 Å². The largest absolute Gasteiger partial charge is 0.355 e. The summed E-state index contributed by atoms with van der Waals surface area (Å²) in [7, 11) is 1.96. The number of nitrogens with zero attached hydrogens (tertiary/aromatic N) is 2. The van der Waals surface area contributed by atoms with E-state index in [0.29, 0.717) is 6.54 Å². The summed E-state index contributed by atoms with van der Waals surface area (Å²) in [6, 6.07) is 17.6. The first-order valence-electron chi connectivity index (χ1n) is 8.85. The predicted molar refractivity (Wildman–Crippen MR) is 104 cm³/mol. The van der Waals surface area contributed by atoms with E-state index in [4.69, 9.17) is 0 Å². The van der Waals surface area contributed by atoms with Gasteiger partial charge < -0.3 is 9.88 Å². The van der Waals surface area contributed by atoms with Gasteiger partial charge in [-0.2, -0.15) is 5.10 Å². The number of hydrazone groups is 1. The highest BCUT2D eigenvalue weighted by Crippen LogP contribution is 2.29. The molecule has 1 fully saturated rings. The van der Waals surface area contributed by atoms with Crippen LogP contribution in [0.3, 0.4) is 0 Å². The number of benzene rings is 2. The Morgan fingerprint density at radius 2 is 1.93 bits per heavy atom. The Morgan fingerprint density at radius 3 is 2.74 bits per heavy atom. The van der Waals surface area contributed by atoms with Gasteiger partial charge in [0, 0.05) is 42.2 Å². The molecule has 2 N–H and O–H groups in total. The van der Waals surface area contributed by atoms with E-state index in [2.05, 4.69) is 15.8 Å². The fraction of sp³-hybridized carbons (Fsp3) is 0.190. The van der Waals surface area contributed by atoms with Crippen molar-refractivity contribution in [3.05, 3.63) is 71.9 Å². The van der Waals surface area contributed by atoms with Crippen molar-refractivity contribution in [3.8, 4) is 0 Å². The van der Waals surface area contributed by atoms with Crippen molar-refractivity contribution < 1.29 is 9.59 Å². The fourth-order valence-electron chi connectivity index (χ4n) is 3.64. The first kappa shape index (κ1) is 17.0. The summed E-state index contributed by atoms with van der Waals surface area (Å²) >= 11 is 0. The summed E-state index contributed by atoms with van der Waals surface area (Å²) in [5, 5.41) is 7.93. The van der Waals surface area contributed by atoms with Gasteiger partial charge in [0.05, 0.1) is 6.21 Å². The number of carbonyl (C=O) groups excluding carboxylic acids is 2. The van der Waals surface area contributed by atoms with Crippen LogP contribution in [-0.4, -0.2) is 29.1 Å². The van der Waals surface area contributed by atoms with Crippen LogP contribution in [0.2, 0.25) is 0 Å². The maximum absolute atomic E-state index is 12.6. The molecule has 4 rings (SSSR count). The molecule has 0 saturated carbocycles. The number of nitrogens with one attached hydrogen (secondary N) is 2. The Kier molecular flexibility index (Phi) is 4.46. The Balaban J connectivity index is 1.51. The molecule has 2 atom stereocenters. The van der Waals surface area contributed by atoms with Crippen LogP contribution < -0.4 is 10.7 Å². The zero-order valence-electron chi connectivity index (χ0n) is 14.9. The number of amides is 2. The Morgan fingerprint density at radius 1 is 1.19 bits per heavy atom. The number of aryl methyl sites for hydroxylation is 1. The second-order valence-electron chi connectivity index (χ2n) is 6.69. The normalized spacial score (nSPS) is 19.5. The van der Waals surface area contributed by atoms with Crippen LogP contribution in [0.5, 0.6) is 0 Å². The van der Waals surface area contributed by atoms with Gasteiger partial charge in [-0.25, -0.2) is 5.43 Å². The molecular formula is C21H20N4O2. The van der Waals surface area contributed by atoms with Crippen LogP contribution in [0.15, 0.2) is 65.9 Å². The molecule has 2 aromatic carbocycles. The first-order valence-corrected chi connectivity index (χ1v) is 8.85. The first-order chi connectivity index (χ1) is 13.1. The van der Waals surface area contributed by atoms with Gasteiger partial charge in [0.2, 0.25) is 5.91 Å². The van der Waals surface area contributed by atoms with Gasteiger partial charge in [-0.05, 0) is 11.6 Å². The highest BCUT2D eigenvalue weighted by Gasteiger charge is 2.40. The van der Waals surface area contributed by atoms with E-state index >= 15 is 0 Å². The molecule has 136 valence electrons. The van der Waals surface area contributed by atoms with E-state index in [-0.39, 0.29) is 11.8 Å². The molecule has 0 spiro atoms. The number of hydrogen-bond acceptors (Lipinski definition) is 3. The minimum atomic E-state index is -0.780. The van der Waals surface area contributed by atoms with Gasteiger partial charge in [-0.15, -0.1) is 0 Å². The van der Waals surface area contributed by atoms with Crippen LogP contribution >= 0.6 is 0 Å². The molecule has 1 aliphatic heterocycles. The minimum Gasteiger partial charge on any atom is -0.355 e. The van der Waals surface area contributed by atoms with Gasteiger partial charge in [0.25, 0.3) is 5.91 Å². The lowest BCUT2D eigenvalue weighted by atomic mass is 9.88. The number of hydrogen-bond donors (Lipinski definition) is 2. The van der Waals surface area contributed by atoms with Crippen LogP contribution in [0, 0.1) is 5.92 Å². The van der Waals surface area contributed by atoms with E-state index in [1.54, 1.807) is 6.21 Å². The summed E-state index contributed by atoms with van der Waals surface area (Å²) in [4.78, 5) is 24.8. The van der Waals surface area contributed by atoms with E-state index < -0.39 is 11.8 Å². The van der Waals surface area contributed by atoms with Crippen molar-refractivity contribution in [1.29, 1.82) is 0 Å². The second kappa shape index (κ2) is 7.07. The summed E-state index contributed by atoms with van der Waals surface area (Å²) in [5.41, 5.74) is 5.50. The molecule has 3 aromatic rings. The topological polar surface area (TPSA) is 75.5 Å². The van der Waals surface area contributed by atoms with Crippen LogP contribution in [0.25, 0.3) is 10.9 Å². The van der Waals surface area contributed by atoms with Crippen LogP contribution in [0.4, 0.5) is 0 Å². The molecule has 6 nitrogen and oxygen atoms in total. The second-order valence-corrected chi connectivity index (χ2v) is 6.69. The third-order valence-electron chi connectivity index (χ3n) is 5.00. The molecule has 2 amide bonds. The fourth-order valence-corrected chi connectivity index (χ4v) is 3.64. The van der Waals surface area contributed by atoms with Crippen molar-refractivity contribution in [2.24, 2.45) is 18.1 Å². The molecule has 0 aliphatic carbocycles. The molecule has 1 aliphatic rings. The van der Waals surface area contributed by atoms with Crippen LogP contribution in [-0.2, 0) is 16.6 Å². The SMILES string of the molecule is Cn1cc(C=NNC(=O)[C@H]2C(=O)NC[C@H]2c2ccccc2)c2ccccc21. The van der Waals surface area contributed by atoms with Crippen molar-refractivity contribution in [2.45, 2.75) is 5.92 Å². The van der Waals surface area contributed by atoms with Gasteiger partial charge in [-0.3, -0.25) is 9.59 Å². The third-order valence-corrected chi connectivity index (χ3v) is 5.00. The Labute approximate surface area is 156 Å². The summed E-state index contributed by atoms with van der Waals surface area (Å²) in [6.07, 6.45) is 3.57. The lowest BCUT2D eigenvalue weighted by molar-refractivity contribution is -0.133. The minimum absolute atomic E-state index is 0.188. The van der Waals surface area contributed by atoms with Gasteiger partial charge in [-0.1, -0.05) is 48.5 Å². The highest BCUT2D eigenvalue weighted by molar-refractivity contribution is 6.04. The Bertz CT molecular complexity index is 1020. The maximum Gasteiger partial charge on any atom is 0.253 e. The molecule has 1 aromatic heterocycles. The quantitative estimate of drug-likeness (QED) is 0.425. The number of para-hydroxylation sites is 1. The smallest absolute Gasteiger partial charge is 0.253 e. The number of carbonyl (C=O) groups is 2. The lowest BCUT2D eigenvalue weighted by Crippen LogP contribution is -2.34. The van der Waals surface area contributed by atoms with Crippen molar-refractivity contribution in [2.75, 3.05) is 6.54 Å². The van der Waals surface area contributed by atoms with E-state index in [9.17, 15) is 9.59 Å². The molecule has 0 radical (unpaired) electrons. The molecule has 27 heavy (non-hydrogen) atoms. The molecule has 2 heterocycles. The summed E-state index contributed by atoms with van der Waals surface area (Å²) in [6.45, 7) is 0.452. The average molecular weight is 360 g/mol. The number of rotatable bonds is 4. The van der Waals surface area contributed by atoms with Gasteiger partial charge in [0.15, 0.2) is 0 Å². The van der Waals surface area contributed by atoms with Crippen molar-refractivity contribution >= 4 is 28.9 Å². The molecule has 0 bridgehead atoms. The maximum atomic E-state index is 12.6. The zero-order valence-corrected chi connectivity index (χ0v) is 14.9. The zero-order chi connectivity index (χ0) is 18.8. The standard InChI is InChI=1S/C21H20N4O2/c1-25-13-15(16-9-5-6-10-18(16)25)11-23-24-21(27)19-17(12-22-20(19)26)14-7-3-2-4-8-14/h2-11,13,17,19H,12H2,1H3,(H,22,26)(H,24,27)/t17-,19+/m0/s1. The van der Waals surface area contributed by atoms with E-state index in [1.165, 1.54) is 0 Å². The Hall–Kier alpha value is -3.41. The van der Waals surface area contributed by atoms with Gasteiger partial charge in [0.1, 0.15) is 5.92 Å². The van der Waals surface area contributed by atoms with Crippen LogP contribution in [0.1, 0.15) is 17.0 Å². The average Bonchev–Trinajstić information content (AvgIpc) is 3.23. The predicted octanol–water partition coefficient (Wildman–Crippen LogP) is 2.16. The molecule has 1 saturated heterocycles. The van der Waals surface area contributed by atoms with Crippen molar-refractivity contribution in [3.63, 3.8) is 0 Å². The third kappa shape index (κ3) is 3.21. The highest BCUT2D eigenvalue weighted by atomic mass is 16.2. The molecule has 6 heteroatoms. The molecular weight excluding hydrogens is 340 g/mol. The van der Waals surface area contributed by atoms with Gasteiger partial charge >= 0.3 is 0 Å². The summed E-state index contributed by atoms with van der Waals surface area (Å²) in [5.74, 6) is -1.62. The monoisotopic (exact) mass is 360 g/mol.